The molecule has 1 atom stereocenters. The first-order valence-corrected chi connectivity index (χ1v) is 3.48. The van der Waals surface area contributed by atoms with E-state index in [1.54, 1.807) is 0 Å². The molecule has 0 aliphatic heterocycles. The van der Waals surface area contributed by atoms with E-state index in [0.717, 1.165) is 0 Å². The Bertz CT molecular complexity index is 315. The molecule has 0 aromatic heterocycles. The van der Waals surface area contributed by atoms with Crippen molar-refractivity contribution >= 4 is 17.7 Å². The smallest absolute Gasteiger partial charge is 0.211 e. The van der Waals surface area contributed by atoms with Gasteiger partial charge < -0.3 is 0 Å². The quantitative estimate of drug-likeness (QED) is 0.251. The molecule has 0 fully saturated rings. The standard InChI is InChI=1S/C5ClF8NO/c6-2(15-1-16,4(9,10)11)3(7,8)5(12,13)14. The molecule has 16 heavy (non-hydrogen) atoms. The number of hydrogen-bond donors (Lipinski definition) is 0. The molecule has 94 valence electrons. The molecule has 0 aliphatic carbocycles. The highest BCUT2D eigenvalue weighted by Crippen LogP contribution is 2.54. The zero-order valence-corrected chi connectivity index (χ0v) is 7.51. The van der Waals surface area contributed by atoms with Crippen LogP contribution in [0.4, 0.5) is 35.1 Å². The molecule has 0 saturated heterocycles. The summed E-state index contributed by atoms with van der Waals surface area (Å²) in [5.41, 5.74) is 0. The second-order valence-corrected chi connectivity index (χ2v) is 2.94. The number of halogens is 9. The zero-order chi connectivity index (χ0) is 13.4. The fourth-order valence-corrected chi connectivity index (χ4v) is 0.704. The van der Waals surface area contributed by atoms with E-state index in [9.17, 15) is 39.9 Å². The van der Waals surface area contributed by atoms with Gasteiger partial charge in [-0.1, -0.05) is 11.6 Å². The van der Waals surface area contributed by atoms with E-state index >= 15 is 0 Å². The number of aliphatic imine (C=N–C) groups is 1. The third kappa shape index (κ3) is 2.12. The van der Waals surface area contributed by atoms with E-state index in [1.807, 2.05) is 0 Å². The lowest BCUT2D eigenvalue weighted by molar-refractivity contribution is -0.333. The van der Waals surface area contributed by atoms with Crippen LogP contribution in [0, 0.1) is 0 Å². The van der Waals surface area contributed by atoms with Gasteiger partial charge in [0, 0.05) is 0 Å². The average molecular weight is 277 g/mol. The minimum atomic E-state index is -6.62. The van der Waals surface area contributed by atoms with Gasteiger partial charge in [0.1, 0.15) is 0 Å². The van der Waals surface area contributed by atoms with Gasteiger partial charge in [-0.05, 0) is 0 Å². The lowest BCUT2D eigenvalue weighted by Crippen LogP contribution is -2.60. The highest BCUT2D eigenvalue weighted by Gasteiger charge is 2.80. The van der Waals surface area contributed by atoms with Crippen LogP contribution in [0.5, 0.6) is 0 Å². The van der Waals surface area contributed by atoms with Crippen molar-refractivity contribution in [2.75, 3.05) is 0 Å². The Morgan fingerprint density at radius 3 is 1.44 bits per heavy atom. The lowest BCUT2D eigenvalue weighted by Gasteiger charge is -2.32. The molecule has 0 heterocycles. The van der Waals surface area contributed by atoms with E-state index in [1.165, 1.54) is 4.99 Å². The fourth-order valence-electron chi connectivity index (χ4n) is 0.562. The van der Waals surface area contributed by atoms with E-state index in [-0.39, 0.29) is 6.08 Å². The Morgan fingerprint density at radius 2 is 1.25 bits per heavy atom. The highest BCUT2D eigenvalue weighted by molar-refractivity contribution is 6.25. The Hall–Kier alpha value is -0.890. The number of carbonyl (C=O) groups excluding carboxylic acids is 1. The van der Waals surface area contributed by atoms with Crippen LogP contribution >= 0.6 is 11.6 Å². The van der Waals surface area contributed by atoms with Crippen LogP contribution in [0.15, 0.2) is 4.99 Å². The van der Waals surface area contributed by atoms with Crippen LogP contribution < -0.4 is 0 Å². The predicted octanol–water partition coefficient (Wildman–Crippen LogP) is 3.02. The van der Waals surface area contributed by atoms with Gasteiger partial charge in [0.15, 0.2) is 0 Å². The molecular weight excluding hydrogens is 277 g/mol. The van der Waals surface area contributed by atoms with Gasteiger partial charge in [0.25, 0.3) is 0 Å². The van der Waals surface area contributed by atoms with Gasteiger partial charge in [-0.25, -0.2) is 4.79 Å². The van der Waals surface area contributed by atoms with Gasteiger partial charge in [0.2, 0.25) is 6.08 Å². The third-order valence-corrected chi connectivity index (χ3v) is 1.88. The number of rotatable bonds is 2. The van der Waals surface area contributed by atoms with Crippen molar-refractivity contribution < 1.29 is 39.9 Å². The molecule has 1 unspecified atom stereocenters. The molecule has 0 aromatic carbocycles. The molecule has 0 aliphatic rings. The summed E-state index contributed by atoms with van der Waals surface area (Å²) in [6, 6.07) is 0. The Labute approximate surface area is 86.9 Å². The number of alkyl halides is 9. The monoisotopic (exact) mass is 277 g/mol. The largest absolute Gasteiger partial charge is 0.457 e. The summed E-state index contributed by atoms with van der Waals surface area (Å²) in [6.45, 7) is 0. The van der Waals surface area contributed by atoms with Crippen molar-refractivity contribution in [3.05, 3.63) is 0 Å². The maximum absolute atomic E-state index is 12.4. The van der Waals surface area contributed by atoms with Gasteiger partial charge in [-0.15, -0.1) is 0 Å². The Morgan fingerprint density at radius 1 is 0.875 bits per heavy atom. The second-order valence-electron chi connectivity index (χ2n) is 2.40. The third-order valence-electron chi connectivity index (χ3n) is 1.35. The predicted molar refractivity (Wildman–Crippen MR) is 33.8 cm³/mol. The van der Waals surface area contributed by atoms with Crippen LogP contribution in [0.1, 0.15) is 0 Å². The van der Waals surface area contributed by atoms with Crippen LogP contribution in [-0.2, 0) is 4.79 Å². The van der Waals surface area contributed by atoms with Crippen LogP contribution in [0.3, 0.4) is 0 Å². The van der Waals surface area contributed by atoms with Crippen molar-refractivity contribution in [3.8, 4) is 0 Å². The summed E-state index contributed by atoms with van der Waals surface area (Å²) < 4.78 is 95.6. The van der Waals surface area contributed by atoms with Gasteiger partial charge >= 0.3 is 23.3 Å². The fraction of sp³-hybridized carbons (Fsp3) is 0.800. The van der Waals surface area contributed by atoms with Crippen molar-refractivity contribution in [2.24, 2.45) is 4.99 Å². The van der Waals surface area contributed by atoms with E-state index in [2.05, 4.69) is 11.6 Å². The van der Waals surface area contributed by atoms with E-state index < -0.39 is 23.3 Å². The van der Waals surface area contributed by atoms with Crippen LogP contribution in [0.2, 0.25) is 0 Å². The normalized spacial score (nSPS) is 17.6. The molecule has 0 N–H and O–H groups in total. The molecule has 0 spiro atoms. The Kier molecular flexibility index (Phi) is 3.63. The first kappa shape index (κ1) is 15.1. The highest BCUT2D eigenvalue weighted by atomic mass is 35.5. The molecule has 11 heteroatoms. The van der Waals surface area contributed by atoms with Gasteiger partial charge in [0.05, 0.1) is 0 Å². The topological polar surface area (TPSA) is 29.4 Å². The summed E-state index contributed by atoms with van der Waals surface area (Å²) in [5.74, 6) is -6.46. The first-order valence-electron chi connectivity index (χ1n) is 3.10. The zero-order valence-electron chi connectivity index (χ0n) is 6.76. The van der Waals surface area contributed by atoms with E-state index in [4.69, 9.17) is 0 Å². The molecule has 0 bridgehead atoms. The molecule has 0 saturated carbocycles. The maximum atomic E-state index is 12.4. The lowest BCUT2D eigenvalue weighted by atomic mass is 10.1. The minimum absolute atomic E-state index is 0.0639. The molecule has 0 amide bonds. The van der Waals surface area contributed by atoms with Crippen molar-refractivity contribution in [1.82, 2.24) is 0 Å². The number of hydrogen-bond acceptors (Lipinski definition) is 2. The Balaban J connectivity index is 5.83. The SMILES string of the molecule is O=C=NC(Cl)(C(F)(F)F)C(F)(F)C(F)(F)F. The molecule has 2 nitrogen and oxygen atoms in total. The molecule has 0 rings (SSSR count). The molecule has 0 radical (unpaired) electrons. The first-order chi connectivity index (χ1) is 6.81. The van der Waals surface area contributed by atoms with E-state index in [0.29, 0.717) is 0 Å². The summed E-state index contributed by atoms with van der Waals surface area (Å²) in [5, 5.41) is 0. The summed E-state index contributed by atoms with van der Waals surface area (Å²) >= 11 is 4.07. The van der Waals surface area contributed by atoms with Crippen LogP contribution in [0.25, 0.3) is 0 Å². The number of isocyanates is 1. The second kappa shape index (κ2) is 3.85. The van der Waals surface area contributed by atoms with Gasteiger partial charge in [-0.2, -0.15) is 40.1 Å². The maximum Gasteiger partial charge on any atom is 0.457 e. The molecular formula is C5ClF8NO. The van der Waals surface area contributed by atoms with Crippen molar-refractivity contribution in [1.29, 1.82) is 0 Å². The van der Waals surface area contributed by atoms with Crippen LogP contribution in [-0.4, -0.2) is 29.4 Å². The summed E-state index contributed by atoms with van der Waals surface area (Å²) in [4.78, 5) is 5.38. The average Bonchev–Trinajstić information content (AvgIpc) is 1.99. The minimum Gasteiger partial charge on any atom is -0.211 e. The van der Waals surface area contributed by atoms with Crippen molar-refractivity contribution in [3.63, 3.8) is 0 Å². The molecule has 0 aromatic rings. The summed E-state index contributed by atoms with van der Waals surface area (Å²) in [7, 11) is 0. The number of nitrogens with zero attached hydrogens (tertiary/aromatic N) is 1. The van der Waals surface area contributed by atoms with Gasteiger partial charge in [-0.3, -0.25) is 0 Å². The van der Waals surface area contributed by atoms with Crippen molar-refractivity contribution in [2.45, 2.75) is 23.3 Å². The summed E-state index contributed by atoms with van der Waals surface area (Å²) in [6.07, 6.45) is -13.0.